The average Bonchev–Trinajstić information content (AvgIpc) is 2.98. The molecule has 0 radical (unpaired) electrons. The number of ether oxygens (including phenoxy) is 1. The molecule has 2 atom stereocenters. The molecular weight excluding hydrogens is 262 g/mol. The maximum absolute atomic E-state index is 5.98. The molecule has 2 unspecified atom stereocenters. The fourth-order valence-corrected chi connectivity index (χ4v) is 3.28. The molecule has 0 bridgehead atoms. The van der Waals surface area contributed by atoms with Crippen molar-refractivity contribution in [3.8, 4) is 5.75 Å². The van der Waals surface area contributed by atoms with Crippen LogP contribution in [0.4, 0.5) is 0 Å². The Balaban J connectivity index is 1.58. The molecule has 2 aliphatic rings. The lowest BCUT2D eigenvalue weighted by molar-refractivity contribution is 0.226. The molecule has 0 saturated heterocycles. The van der Waals surface area contributed by atoms with E-state index in [0.717, 1.165) is 43.8 Å². The van der Waals surface area contributed by atoms with Gasteiger partial charge >= 0.3 is 0 Å². The van der Waals surface area contributed by atoms with Crippen LogP contribution in [-0.2, 0) is 19.3 Å². The highest BCUT2D eigenvalue weighted by Gasteiger charge is 2.28. The summed E-state index contributed by atoms with van der Waals surface area (Å²) in [5.74, 6) is 2.36. The van der Waals surface area contributed by atoms with E-state index in [2.05, 4.69) is 11.1 Å². The molecule has 2 aromatic rings. The van der Waals surface area contributed by atoms with E-state index in [1.807, 2.05) is 24.4 Å². The van der Waals surface area contributed by atoms with Crippen LogP contribution in [0.1, 0.15) is 35.2 Å². The Morgan fingerprint density at radius 1 is 1.19 bits per heavy atom. The fraction of sp³-hybridized carbons (Fsp3) is 0.412. The van der Waals surface area contributed by atoms with Crippen molar-refractivity contribution in [2.24, 2.45) is 11.7 Å². The standard InChI is InChI=1S/C17H19N3O/c18-9-11-5-6-14-13(7-11)10-19-17(20-14)16-8-12-3-1-2-4-15(12)21-16/h1-4,10-11,16H,5-9,18H2. The van der Waals surface area contributed by atoms with Gasteiger partial charge in [-0.1, -0.05) is 18.2 Å². The predicted octanol–water partition coefficient (Wildman–Crippen LogP) is 2.22. The molecule has 4 nitrogen and oxygen atoms in total. The third-order valence-electron chi connectivity index (χ3n) is 4.54. The zero-order valence-corrected chi connectivity index (χ0v) is 12.0. The SMILES string of the molecule is NCC1CCc2nc(C3Cc4ccccc4O3)ncc2C1. The third-order valence-corrected chi connectivity index (χ3v) is 4.54. The molecule has 0 fully saturated rings. The molecule has 108 valence electrons. The summed E-state index contributed by atoms with van der Waals surface area (Å²) < 4.78 is 5.98. The molecule has 4 heteroatoms. The second-order valence-corrected chi connectivity index (χ2v) is 5.96. The summed E-state index contributed by atoms with van der Waals surface area (Å²) in [6.45, 7) is 0.752. The first-order chi connectivity index (χ1) is 10.3. The zero-order valence-electron chi connectivity index (χ0n) is 12.0. The maximum atomic E-state index is 5.98. The van der Waals surface area contributed by atoms with Gasteiger partial charge in [-0.15, -0.1) is 0 Å². The van der Waals surface area contributed by atoms with Gasteiger partial charge < -0.3 is 10.5 Å². The fourth-order valence-electron chi connectivity index (χ4n) is 3.28. The van der Waals surface area contributed by atoms with Crippen molar-refractivity contribution >= 4 is 0 Å². The van der Waals surface area contributed by atoms with E-state index in [4.69, 9.17) is 15.5 Å². The van der Waals surface area contributed by atoms with Crippen LogP contribution in [0.5, 0.6) is 5.75 Å². The molecule has 0 amide bonds. The topological polar surface area (TPSA) is 61.0 Å². The van der Waals surface area contributed by atoms with Gasteiger partial charge in [-0.25, -0.2) is 9.97 Å². The monoisotopic (exact) mass is 281 g/mol. The van der Waals surface area contributed by atoms with Crippen LogP contribution in [0.25, 0.3) is 0 Å². The quantitative estimate of drug-likeness (QED) is 0.917. The van der Waals surface area contributed by atoms with Crippen LogP contribution in [-0.4, -0.2) is 16.5 Å². The Hall–Kier alpha value is -1.94. The van der Waals surface area contributed by atoms with Crippen LogP contribution in [0.15, 0.2) is 30.5 Å². The summed E-state index contributed by atoms with van der Waals surface area (Å²) in [5.41, 5.74) is 9.46. The van der Waals surface area contributed by atoms with Gasteiger partial charge in [0.2, 0.25) is 0 Å². The number of rotatable bonds is 2. The number of para-hydroxylation sites is 1. The van der Waals surface area contributed by atoms with Crippen LogP contribution in [0.2, 0.25) is 0 Å². The second-order valence-electron chi connectivity index (χ2n) is 5.96. The normalized spacial score (nSPS) is 23.3. The predicted molar refractivity (Wildman–Crippen MR) is 80.1 cm³/mol. The van der Waals surface area contributed by atoms with Crippen molar-refractivity contribution in [1.29, 1.82) is 0 Å². The van der Waals surface area contributed by atoms with E-state index >= 15 is 0 Å². The van der Waals surface area contributed by atoms with E-state index in [9.17, 15) is 0 Å². The number of hydrogen-bond donors (Lipinski definition) is 1. The second kappa shape index (κ2) is 5.11. The van der Waals surface area contributed by atoms with Gasteiger partial charge in [-0.3, -0.25) is 0 Å². The van der Waals surface area contributed by atoms with Crippen LogP contribution >= 0.6 is 0 Å². The van der Waals surface area contributed by atoms with E-state index in [1.165, 1.54) is 16.8 Å². The minimum absolute atomic E-state index is 0.0417. The van der Waals surface area contributed by atoms with Crippen LogP contribution < -0.4 is 10.5 Å². The lowest BCUT2D eigenvalue weighted by Gasteiger charge is -2.23. The molecule has 1 aliphatic carbocycles. The van der Waals surface area contributed by atoms with Crippen molar-refractivity contribution < 1.29 is 4.74 Å². The molecule has 1 aromatic carbocycles. The highest BCUT2D eigenvalue weighted by atomic mass is 16.5. The molecular formula is C17H19N3O. The number of aryl methyl sites for hydroxylation is 1. The lowest BCUT2D eigenvalue weighted by Crippen LogP contribution is -2.24. The van der Waals surface area contributed by atoms with Gasteiger partial charge in [-0.2, -0.15) is 0 Å². The van der Waals surface area contributed by atoms with Gasteiger partial charge in [-0.05, 0) is 48.9 Å². The van der Waals surface area contributed by atoms with Gasteiger partial charge in [0.05, 0.1) is 0 Å². The molecule has 21 heavy (non-hydrogen) atoms. The smallest absolute Gasteiger partial charge is 0.169 e. The first-order valence-electron chi connectivity index (χ1n) is 7.63. The first-order valence-corrected chi connectivity index (χ1v) is 7.63. The number of fused-ring (bicyclic) bond motifs is 2. The van der Waals surface area contributed by atoms with Crippen LogP contribution in [0, 0.1) is 5.92 Å². The van der Waals surface area contributed by atoms with Gasteiger partial charge in [0.1, 0.15) is 5.75 Å². The summed E-state index contributed by atoms with van der Waals surface area (Å²) in [6.07, 6.45) is 5.95. The molecule has 0 spiro atoms. The average molecular weight is 281 g/mol. The molecule has 1 aromatic heterocycles. The lowest BCUT2D eigenvalue weighted by atomic mass is 9.87. The van der Waals surface area contributed by atoms with Crippen molar-refractivity contribution in [2.75, 3.05) is 6.54 Å². The van der Waals surface area contributed by atoms with E-state index in [-0.39, 0.29) is 6.10 Å². The number of benzene rings is 1. The van der Waals surface area contributed by atoms with Crippen molar-refractivity contribution in [1.82, 2.24) is 9.97 Å². The maximum Gasteiger partial charge on any atom is 0.169 e. The minimum Gasteiger partial charge on any atom is -0.482 e. The minimum atomic E-state index is -0.0417. The highest BCUT2D eigenvalue weighted by Crippen LogP contribution is 2.35. The highest BCUT2D eigenvalue weighted by molar-refractivity contribution is 5.38. The van der Waals surface area contributed by atoms with Gasteiger partial charge in [0.15, 0.2) is 11.9 Å². The summed E-state index contributed by atoms with van der Waals surface area (Å²) in [7, 11) is 0. The van der Waals surface area contributed by atoms with Crippen molar-refractivity contribution in [2.45, 2.75) is 31.8 Å². The van der Waals surface area contributed by atoms with E-state index < -0.39 is 0 Å². The Morgan fingerprint density at radius 3 is 2.95 bits per heavy atom. The number of hydrogen-bond acceptors (Lipinski definition) is 4. The third kappa shape index (κ3) is 2.29. The number of aromatic nitrogens is 2. The van der Waals surface area contributed by atoms with Crippen molar-refractivity contribution in [3.63, 3.8) is 0 Å². The zero-order chi connectivity index (χ0) is 14.2. The summed E-state index contributed by atoms with van der Waals surface area (Å²) in [4.78, 5) is 9.32. The number of nitrogens with zero attached hydrogens (tertiary/aromatic N) is 2. The van der Waals surface area contributed by atoms with E-state index in [0.29, 0.717) is 5.92 Å². The van der Waals surface area contributed by atoms with Gasteiger partial charge in [0, 0.05) is 18.3 Å². The summed E-state index contributed by atoms with van der Waals surface area (Å²) in [6, 6.07) is 8.17. The Kier molecular flexibility index (Phi) is 3.11. The van der Waals surface area contributed by atoms with Gasteiger partial charge in [0.25, 0.3) is 0 Å². The van der Waals surface area contributed by atoms with Crippen molar-refractivity contribution in [3.05, 3.63) is 53.1 Å². The molecule has 2 heterocycles. The summed E-state index contributed by atoms with van der Waals surface area (Å²) in [5, 5.41) is 0. The van der Waals surface area contributed by atoms with Crippen LogP contribution in [0.3, 0.4) is 0 Å². The Bertz CT molecular complexity index is 646. The molecule has 4 rings (SSSR count). The molecule has 0 saturated carbocycles. The molecule has 1 aliphatic heterocycles. The van der Waals surface area contributed by atoms with E-state index in [1.54, 1.807) is 0 Å². The first kappa shape index (κ1) is 12.8. The Labute approximate surface area is 124 Å². The number of nitrogens with two attached hydrogens (primary N) is 1. The largest absolute Gasteiger partial charge is 0.482 e. The summed E-state index contributed by atoms with van der Waals surface area (Å²) >= 11 is 0. The molecule has 2 N–H and O–H groups in total. The Morgan fingerprint density at radius 2 is 2.10 bits per heavy atom.